The van der Waals surface area contributed by atoms with E-state index in [4.69, 9.17) is 0 Å². The molecule has 0 nitrogen and oxygen atoms in total. The van der Waals surface area contributed by atoms with Crippen LogP contribution in [0, 0.1) is 12.7 Å². The van der Waals surface area contributed by atoms with Gasteiger partial charge < -0.3 is 0 Å². The van der Waals surface area contributed by atoms with Crippen LogP contribution in [0.5, 0.6) is 0 Å². The average Bonchev–Trinajstić information content (AvgIpc) is 2.23. The zero-order valence-corrected chi connectivity index (χ0v) is 11.8. The molecule has 16 heavy (non-hydrogen) atoms. The molecule has 0 radical (unpaired) electrons. The van der Waals surface area contributed by atoms with Gasteiger partial charge in [-0.2, -0.15) is 0 Å². The van der Waals surface area contributed by atoms with Crippen LogP contribution < -0.4 is 0 Å². The molecule has 0 N–H and O–H groups in total. The molecule has 0 amide bonds. The third kappa shape index (κ3) is 2.20. The van der Waals surface area contributed by atoms with E-state index in [2.05, 4.69) is 31.9 Å². The van der Waals surface area contributed by atoms with Crippen LogP contribution in [-0.4, -0.2) is 0 Å². The Morgan fingerprint density at radius 1 is 1.00 bits per heavy atom. The molecule has 0 spiro atoms. The lowest BCUT2D eigenvalue weighted by atomic mass is 10.0. The molecule has 2 aromatic rings. The molecule has 0 unspecified atom stereocenters. The van der Waals surface area contributed by atoms with Gasteiger partial charge in [-0.1, -0.05) is 55.6 Å². The lowest BCUT2D eigenvalue weighted by molar-refractivity contribution is 0.630. The first-order valence-corrected chi connectivity index (χ1v) is 6.38. The summed E-state index contributed by atoms with van der Waals surface area (Å²) < 4.78 is 15.5. The Morgan fingerprint density at radius 2 is 1.75 bits per heavy atom. The predicted molar refractivity (Wildman–Crippen MR) is 72.0 cm³/mol. The summed E-state index contributed by atoms with van der Waals surface area (Å²) in [6.45, 7) is 1.99. The molecule has 0 saturated carbocycles. The summed E-state index contributed by atoms with van der Waals surface area (Å²) in [6.07, 6.45) is 0. The summed E-state index contributed by atoms with van der Waals surface area (Å²) in [4.78, 5) is 0. The van der Waals surface area contributed by atoms with Crippen LogP contribution in [-0.2, 0) is 0 Å². The van der Waals surface area contributed by atoms with E-state index >= 15 is 0 Å². The van der Waals surface area contributed by atoms with Crippen LogP contribution in [0.15, 0.2) is 45.3 Å². The maximum absolute atomic E-state index is 13.8. The quantitative estimate of drug-likeness (QED) is 0.656. The first-order chi connectivity index (χ1) is 7.59. The molecule has 82 valence electrons. The van der Waals surface area contributed by atoms with Crippen molar-refractivity contribution in [1.82, 2.24) is 0 Å². The number of halogens is 3. The van der Waals surface area contributed by atoms with Crippen molar-refractivity contribution in [2.24, 2.45) is 0 Å². The molecule has 0 aromatic heterocycles. The van der Waals surface area contributed by atoms with Gasteiger partial charge in [-0.25, -0.2) is 4.39 Å². The SMILES string of the molecule is Cc1ccc(Br)c(-c2c(F)cccc2Br)c1. The molecule has 0 bridgehead atoms. The number of aryl methyl sites for hydroxylation is 1. The smallest absolute Gasteiger partial charge is 0.132 e. The highest BCUT2D eigenvalue weighted by Gasteiger charge is 2.12. The summed E-state index contributed by atoms with van der Waals surface area (Å²) in [5.74, 6) is -0.222. The maximum atomic E-state index is 13.8. The highest BCUT2D eigenvalue weighted by Crippen LogP contribution is 2.35. The van der Waals surface area contributed by atoms with E-state index in [0.717, 1.165) is 20.1 Å². The summed E-state index contributed by atoms with van der Waals surface area (Å²) in [5, 5.41) is 0. The molecule has 0 aliphatic carbocycles. The van der Waals surface area contributed by atoms with Gasteiger partial charge in [0.15, 0.2) is 0 Å². The minimum Gasteiger partial charge on any atom is -0.206 e. The van der Waals surface area contributed by atoms with Gasteiger partial charge in [-0.3, -0.25) is 0 Å². The first kappa shape index (κ1) is 11.8. The van der Waals surface area contributed by atoms with Gasteiger partial charge in [0.2, 0.25) is 0 Å². The second kappa shape index (κ2) is 4.68. The average molecular weight is 344 g/mol. The molecule has 0 heterocycles. The van der Waals surface area contributed by atoms with Crippen LogP contribution in [0.1, 0.15) is 5.56 Å². The standard InChI is InChI=1S/C13H9Br2F/c1-8-5-6-10(14)9(7-8)13-11(15)3-2-4-12(13)16/h2-7H,1H3. The maximum Gasteiger partial charge on any atom is 0.132 e. The molecular weight excluding hydrogens is 335 g/mol. The second-order valence-electron chi connectivity index (χ2n) is 3.58. The fraction of sp³-hybridized carbons (Fsp3) is 0.0769. The van der Waals surface area contributed by atoms with E-state index < -0.39 is 0 Å². The Morgan fingerprint density at radius 3 is 2.44 bits per heavy atom. The van der Waals surface area contributed by atoms with Crippen molar-refractivity contribution in [3.63, 3.8) is 0 Å². The summed E-state index contributed by atoms with van der Waals surface area (Å²) >= 11 is 6.83. The van der Waals surface area contributed by atoms with Gasteiger partial charge in [-0.15, -0.1) is 0 Å². The Kier molecular flexibility index (Phi) is 3.45. The first-order valence-electron chi connectivity index (χ1n) is 4.80. The van der Waals surface area contributed by atoms with Crippen molar-refractivity contribution in [1.29, 1.82) is 0 Å². The van der Waals surface area contributed by atoms with Gasteiger partial charge in [-0.05, 0) is 25.1 Å². The Balaban J connectivity index is 2.72. The molecule has 2 rings (SSSR count). The van der Waals surface area contributed by atoms with Crippen LogP contribution in [0.3, 0.4) is 0 Å². The highest BCUT2D eigenvalue weighted by molar-refractivity contribution is 9.11. The van der Waals surface area contributed by atoms with Gasteiger partial charge in [0.25, 0.3) is 0 Å². The monoisotopic (exact) mass is 342 g/mol. The van der Waals surface area contributed by atoms with Crippen LogP contribution in [0.25, 0.3) is 11.1 Å². The highest BCUT2D eigenvalue weighted by atomic mass is 79.9. The number of hydrogen-bond donors (Lipinski definition) is 0. The number of benzene rings is 2. The van der Waals surface area contributed by atoms with E-state index in [1.807, 2.05) is 31.2 Å². The molecule has 2 aromatic carbocycles. The van der Waals surface area contributed by atoms with E-state index in [9.17, 15) is 4.39 Å². The van der Waals surface area contributed by atoms with E-state index in [-0.39, 0.29) is 5.82 Å². The normalized spacial score (nSPS) is 10.5. The fourth-order valence-corrected chi connectivity index (χ4v) is 2.59. The van der Waals surface area contributed by atoms with Crippen molar-refractivity contribution in [2.75, 3.05) is 0 Å². The molecule has 3 heteroatoms. The van der Waals surface area contributed by atoms with Crippen molar-refractivity contribution < 1.29 is 4.39 Å². The molecule has 0 fully saturated rings. The van der Waals surface area contributed by atoms with E-state index in [1.165, 1.54) is 6.07 Å². The van der Waals surface area contributed by atoms with Crippen LogP contribution in [0.4, 0.5) is 4.39 Å². The van der Waals surface area contributed by atoms with E-state index in [0.29, 0.717) is 5.56 Å². The molecule has 0 saturated heterocycles. The van der Waals surface area contributed by atoms with Gasteiger partial charge in [0.1, 0.15) is 5.82 Å². The molecular formula is C13H9Br2F. The van der Waals surface area contributed by atoms with E-state index in [1.54, 1.807) is 6.07 Å². The Labute approximate surface area is 111 Å². The molecule has 0 atom stereocenters. The zero-order chi connectivity index (χ0) is 11.7. The number of rotatable bonds is 1. The van der Waals surface area contributed by atoms with Crippen LogP contribution >= 0.6 is 31.9 Å². The van der Waals surface area contributed by atoms with Crippen molar-refractivity contribution in [2.45, 2.75) is 6.92 Å². The predicted octanol–water partition coefficient (Wildman–Crippen LogP) is 5.33. The third-order valence-electron chi connectivity index (χ3n) is 2.35. The second-order valence-corrected chi connectivity index (χ2v) is 5.29. The Bertz CT molecular complexity index is 515. The van der Waals surface area contributed by atoms with Crippen molar-refractivity contribution in [3.05, 3.63) is 56.7 Å². The van der Waals surface area contributed by atoms with Crippen molar-refractivity contribution >= 4 is 31.9 Å². The summed E-state index contributed by atoms with van der Waals surface area (Å²) in [6, 6.07) is 10.9. The summed E-state index contributed by atoms with van der Waals surface area (Å²) in [5.41, 5.74) is 2.57. The lowest BCUT2D eigenvalue weighted by Crippen LogP contribution is -1.88. The topological polar surface area (TPSA) is 0 Å². The van der Waals surface area contributed by atoms with Gasteiger partial charge >= 0.3 is 0 Å². The van der Waals surface area contributed by atoms with Gasteiger partial charge in [0, 0.05) is 20.1 Å². The zero-order valence-electron chi connectivity index (χ0n) is 8.60. The minimum absolute atomic E-state index is 0.222. The minimum atomic E-state index is -0.222. The molecule has 0 aliphatic heterocycles. The van der Waals surface area contributed by atoms with Crippen LogP contribution in [0.2, 0.25) is 0 Å². The largest absolute Gasteiger partial charge is 0.206 e. The lowest BCUT2D eigenvalue weighted by Gasteiger charge is -2.09. The van der Waals surface area contributed by atoms with Crippen molar-refractivity contribution in [3.8, 4) is 11.1 Å². The molecule has 0 aliphatic rings. The number of hydrogen-bond acceptors (Lipinski definition) is 0. The third-order valence-corrected chi connectivity index (χ3v) is 3.71. The summed E-state index contributed by atoms with van der Waals surface area (Å²) in [7, 11) is 0. The van der Waals surface area contributed by atoms with Gasteiger partial charge in [0.05, 0.1) is 0 Å². The fourth-order valence-electron chi connectivity index (χ4n) is 1.59. The Hall–Kier alpha value is -0.670.